The minimum atomic E-state index is -3.24. The van der Waals surface area contributed by atoms with Gasteiger partial charge in [0.1, 0.15) is 11.3 Å². The number of nitrogens with one attached hydrogen (secondary N) is 1. The van der Waals surface area contributed by atoms with Crippen molar-refractivity contribution in [1.82, 2.24) is 14.7 Å². The predicted molar refractivity (Wildman–Crippen MR) is 116 cm³/mol. The molecule has 2 aromatic heterocycles. The summed E-state index contributed by atoms with van der Waals surface area (Å²) in [6.45, 7) is 0.750. The number of alkyl halides is 4. The topological polar surface area (TPSA) is 66.6 Å². The van der Waals surface area contributed by atoms with Gasteiger partial charge in [-0.2, -0.15) is 8.78 Å². The molecule has 0 saturated heterocycles. The molecule has 0 aromatic carbocycles. The first-order valence-corrected chi connectivity index (χ1v) is 11.8. The second-order valence-electron chi connectivity index (χ2n) is 9.54. The van der Waals surface area contributed by atoms with E-state index in [1.807, 2.05) is 0 Å². The summed E-state index contributed by atoms with van der Waals surface area (Å²) >= 11 is 6.38. The van der Waals surface area contributed by atoms with Crippen molar-refractivity contribution in [3.8, 4) is 0 Å². The Labute approximate surface area is 194 Å². The van der Waals surface area contributed by atoms with Gasteiger partial charge in [-0.15, -0.1) is 0 Å². The number of aliphatic hydroxyl groups is 1. The van der Waals surface area contributed by atoms with Gasteiger partial charge in [-0.05, 0) is 56.9 Å². The fourth-order valence-electron chi connectivity index (χ4n) is 4.89. The van der Waals surface area contributed by atoms with Crippen LogP contribution in [0, 0.1) is 5.92 Å². The molecule has 182 valence electrons. The van der Waals surface area contributed by atoms with Crippen molar-refractivity contribution in [2.45, 2.75) is 88.7 Å². The number of hydrogen-bond acceptors (Lipinski definition) is 3. The smallest absolute Gasteiger partial charge is 0.288 e. The summed E-state index contributed by atoms with van der Waals surface area (Å²) in [5.74, 6) is -6.52. The molecule has 0 aliphatic heterocycles. The predicted octanol–water partition coefficient (Wildman–Crippen LogP) is 5.50. The number of pyridine rings is 1. The standard InChI is InChI=1S/C23H28ClF4N3O2/c1-22(25,26)20-18(10-13-6-8-23(27,28)9-7-13)31-12-17(24)16(11-19(31)30-20)21(33)29-14-2-4-15(32)5-3-14/h11-15,32H,2-10H2,1H3,(H,29,33). The van der Waals surface area contributed by atoms with Crippen LogP contribution in [0.4, 0.5) is 17.6 Å². The lowest BCUT2D eigenvalue weighted by Crippen LogP contribution is -2.38. The number of hydrogen-bond donors (Lipinski definition) is 2. The highest BCUT2D eigenvalue weighted by molar-refractivity contribution is 6.33. The zero-order valence-corrected chi connectivity index (χ0v) is 19.1. The lowest BCUT2D eigenvalue weighted by molar-refractivity contribution is -0.0460. The molecule has 2 N–H and O–H groups in total. The molecule has 4 rings (SSSR count). The molecule has 0 spiro atoms. The van der Waals surface area contributed by atoms with Gasteiger partial charge < -0.3 is 14.8 Å². The first-order chi connectivity index (χ1) is 15.4. The quantitative estimate of drug-likeness (QED) is 0.545. The maximum Gasteiger partial charge on any atom is 0.288 e. The summed E-state index contributed by atoms with van der Waals surface area (Å²) in [7, 11) is 0. The minimum Gasteiger partial charge on any atom is -0.393 e. The van der Waals surface area contributed by atoms with Crippen LogP contribution >= 0.6 is 11.6 Å². The average Bonchev–Trinajstić information content (AvgIpc) is 3.08. The number of fused-ring (bicyclic) bond motifs is 1. The first kappa shape index (κ1) is 24.3. The van der Waals surface area contributed by atoms with Crippen LogP contribution in [0.5, 0.6) is 0 Å². The van der Waals surface area contributed by atoms with Crippen molar-refractivity contribution in [2.75, 3.05) is 0 Å². The van der Waals surface area contributed by atoms with Crippen LogP contribution in [0.15, 0.2) is 12.3 Å². The Morgan fingerprint density at radius 1 is 1.24 bits per heavy atom. The van der Waals surface area contributed by atoms with Crippen molar-refractivity contribution in [3.63, 3.8) is 0 Å². The SMILES string of the molecule is CC(F)(F)c1nc2cc(C(=O)NC3CCC(O)CC3)c(Cl)cn2c1CC1CCC(F)(F)CC1. The van der Waals surface area contributed by atoms with E-state index in [2.05, 4.69) is 10.3 Å². The molecule has 33 heavy (non-hydrogen) atoms. The van der Waals surface area contributed by atoms with Gasteiger partial charge >= 0.3 is 0 Å². The van der Waals surface area contributed by atoms with E-state index < -0.39 is 23.4 Å². The number of carbonyl (C=O) groups is 1. The number of aromatic nitrogens is 2. The number of rotatable bonds is 5. The fourth-order valence-corrected chi connectivity index (χ4v) is 5.13. The van der Waals surface area contributed by atoms with E-state index in [0.717, 1.165) is 6.92 Å². The Morgan fingerprint density at radius 2 is 1.88 bits per heavy atom. The lowest BCUT2D eigenvalue weighted by atomic mass is 9.83. The van der Waals surface area contributed by atoms with Gasteiger partial charge in [-0.25, -0.2) is 13.8 Å². The van der Waals surface area contributed by atoms with Crippen molar-refractivity contribution >= 4 is 23.2 Å². The van der Waals surface area contributed by atoms with Gasteiger partial charge in [-0.1, -0.05) is 11.6 Å². The number of nitrogens with zero attached hydrogens (tertiary/aromatic N) is 2. The maximum absolute atomic E-state index is 14.4. The van der Waals surface area contributed by atoms with E-state index in [4.69, 9.17) is 11.6 Å². The molecule has 0 atom stereocenters. The summed E-state index contributed by atoms with van der Waals surface area (Å²) < 4.78 is 57.3. The van der Waals surface area contributed by atoms with Crippen LogP contribution in [0.25, 0.3) is 5.65 Å². The zero-order chi connectivity index (χ0) is 24.0. The van der Waals surface area contributed by atoms with Crippen LogP contribution in [0.2, 0.25) is 5.02 Å². The molecule has 0 unspecified atom stereocenters. The second kappa shape index (κ2) is 9.06. The largest absolute Gasteiger partial charge is 0.393 e. The molecule has 0 radical (unpaired) electrons. The number of aliphatic hydroxyl groups excluding tert-OH is 1. The van der Waals surface area contributed by atoms with Gasteiger partial charge in [-0.3, -0.25) is 4.79 Å². The molecule has 2 aliphatic rings. The van der Waals surface area contributed by atoms with Gasteiger partial charge in [0, 0.05) is 32.0 Å². The van der Waals surface area contributed by atoms with Crippen LogP contribution in [0.1, 0.15) is 80.0 Å². The zero-order valence-electron chi connectivity index (χ0n) is 18.4. The van der Waals surface area contributed by atoms with Crippen LogP contribution < -0.4 is 5.32 Å². The van der Waals surface area contributed by atoms with Gasteiger partial charge in [0.05, 0.1) is 22.4 Å². The Kier molecular flexibility index (Phi) is 6.66. The summed E-state index contributed by atoms with van der Waals surface area (Å²) in [5.41, 5.74) is 0.115. The van der Waals surface area contributed by atoms with Crippen LogP contribution in [-0.2, 0) is 12.3 Å². The molecule has 2 fully saturated rings. The Hall–Kier alpha value is -1.87. The molecule has 2 aromatic rings. The number of amides is 1. The molecular weight excluding hydrogens is 462 g/mol. The molecule has 1 amide bonds. The van der Waals surface area contributed by atoms with Gasteiger partial charge in [0.15, 0.2) is 0 Å². The fraction of sp³-hybridized carbons (Fsp3) is 0.652. The van der Waals surface area contributed by atoms with Crippen LogP contribution in [0.3, 0.4) is 0 Å². The third kappa shape index (κ3) is 5.45. The molecule has 2 heterocycles. The van der Waals surface area contributed by atoms with E-state index in [9.17, 15) is 27.5 Å². The Morgan fingerprint density at radius 3 is 2.48 bits per heavy atom. The van der Waals surface area contributed by atoms with Crippen LogP contribution in [-0.4, -0.2) is 38.5 Å². The molecule has 10 heteroatoms. The third-order valence-electron chi connectivity index (χ3n) is 6.82. The third-order valence-corrected chi connectivity index (χ3v) is 7.12. The summed E-state index contributed by atoms with van der Waals surface area (Å²) in [6.07, 6.45) is 3.72. The number of halogens is 5. The second-order valence-corrected chi connectivity index (χ2v) is 9.95. The summed E-state index contributed by atoms with van der Waals surface area (Å²) in [5, 5.41) is 12.6. The molecular formula is C23H28ClF4N3O2. The lowest BCUT2D eigenvalue weighted by Gasteiger charge is -2.28. The van der Waals surface area contributed by atoms with E-state index in [1.165, 1.54) is 16.7 Å². The first-order valence-electron chi connectivity index (χ1n) is 11.4. The average molecular weight is 490 g/mol. The van der Waals surface area contributed by atoms with Crippen molar-refractivity contribution in [2.24, 2.45) is 5.92 Å². The molecule has 0 bridgehead atoms. The Bertz CT molecular complexity index is 1020. The molecule has 2 saturated carbocycles. The van der Waals surface area contributed by atoms with Crippen molar-refractivity contribution < 1.29 is 27.5 Å². The molecule has 5 nitrogen and oxygen atoms in total. The van der Waals surface area contributed by atoms with E-state index in [-0.39, 0.29) is 72.1 Å². The normalized spacial score (nSPS) is 24.2. The highest BCUT2D eigenvalue weighted by Crippen LogP contribution is 2.39. The monoisotopic (exact) mass is 489 g/mol. The van der Waals surface area contributed by atoms with Crippen molar-refractivity contribution in [1.29, 1.82) is 0 Å². The summed E-state index contributed by atoms with van der Waals surface area (Å²) in [6, 6.07) is 1.30. The van der Waals surface area contributed by atoms with Gasteiger partial charge in [0.2, 0.25) is 5.92 Å². The van der Waals surface area contributed by atoms with E-state index in [0.29, 0.717) is 25.7 Å². The van der Waals surface area contributed by atoms with Gasteiger partial charge in [0.25, 0.3) is 11.8 Å². The Balaban J connectivity index is 1.62. The summed E-state index contributed by atoms with van der Waals surface area (Å²) in [4.78, 5) is 16.9. The number of carbonyl (C=O) groups excluding carboxylic acids is 1. The van der Waals surface area contributed by atoms with E-state index in [1.54, 1.807) is 0 Å². The van der Waals surface area contributed by atoms with Crippen molar-refractivity contribution in [3.05, 3.63) is 34.2 Å². The van der Waals surface area contributed by atoms with E-state index >= 15 is 0 Å². The minimum absolute atomic E-state index is 0.0932. The number of imidazole rings is 1. The molecule has 2 aliphatic carbocycles. The maximum atomic E-state index is 14.4. The highest BCUT2D eigenvalue weighted by Gasteiger charge is 2.38. The highest BCUT2D eigenvalue weighted by atomic mass is 35.5.